The zero-order valence-electron chi connectivity index (χ0n) is 14.2. The number of hydrogen-bond acceptors (Lipinski definition) is 3. The number of carbonyl (C=O) groups excluding carboxylic acids is 1. The number of rotatable bonds is 4. The molecule has 1 amide bonds. The summed E-state index contributed by atoms with van der Waals surface area (Å²) in [7, 11) is 0. The van der Waals surface area contributed by atoms with Gasteiger partial charge in [0.1, 0.15) is 10.7 Å². The van der Waals surface area contributed by atoms with Crippen LogP contribution in [0.3, 0.4) is 0 Å². The Labute approximate surface area is 146 Å². The highest BCUT2D eigenvalue weighted by molar-refractivity contribution is 7.13. The van der Waals surface area contributed by atoms with Crippen molar-refractivity contribution in [3.05, 3.63) is 51.2 Å². The number of halogens is 1. The third kappa shape index (κ3) is 4.01. The van der Waals surface area contributed by atoms with Gasteiger partial charge >= 0.3 is 0 Å². The van der Waals surface area contributed by atoms with E-state index in [-0.39, 0.29) is 11.7 Å². The van der Waals surface area contributed by atoms with Crippen molar-refractivity contribution in [1.82, 2.24) is 9.88 Å². The summed E-state index contributed by atoms with van der Waals surface area (Å²) in [5, 5.41) is 0.945. The number of aromatic nitrogens is 1. The summed E-state index contributed by atoms with van der Waals surface area (Å²) in [4.78, 5) is 19.9. The lowest BCUT2D eigenvalue weighted by Gasteiger charge is -2.32. The highest BCUT2D eigenvalue weighted by atomic mass is 32.1. The van der Waals surface area contributed by atoms with Crippen LogP contribution in [0.4, 0.5) is 4.39 Å². The number of likely N-dealkylation sites (tertiary alicyclic amines) is 1. The van der Waals surface area contributed by atoms with Crippen molar-refractivity contribution in [3.63, 3.8) is 0 Å². The van der Waals surface area contributed by atoms with Crippen LogP contribution in [-0.2, 0) is 6.42 Å². The van der Waals surface area contributed by atoms with E-state index >= 15 is 0 Å². The Morgan fingerprint density at radius 1 is 1.33 bits per heavy atom. The summed E-state index contributed by atoms with van der Waals surface area (Å²) >= 11 is 1.49. The molecular weight excluding hydrogens is 323 g/mol. The molecule has 0 aliphatic carbocycles. The summed E-state index contributed by atoms with van der Waals surface area (Å²) in [6, 6.07) is 6.73. The first-order valence-corrected chi connectivity index (χ1v) is 9.32. The van der Waals surface area contributed by atoms with E-state index in [0.29, 0.717) is 5.92 Å². The normalized spacial score (nSPS) is 18.0. The van der Waals surface area contributed by atoms with E-state index in [1.807, 2.05) is 30.9 Å². The first kappa shape index (κ1) is 17.1. The van der Waals surface area contributed by atoms with Gasteiger partial charge in [-0.25, -0.2) is 9.37 Å². The average Bonchev–Trinajstić information content (AvgIpc) is 2.92. The predicted molar refractivity (Wildman–Crippen MR) is 94.9 cm³/mol. The number of hydrogen-bond donors (Lipinski definition) is 0. The van der Waals surface area contributed by atoms with Crippen LogP contribution in [0.1, 0.15) is 45.2 Å². The molecule has 2 heterocycles. The lowest BCUT2D eigenvalue weighted by atomic mass is 9.91. The first-order valence-electron chi connectivity index (χ1n) is 8.50. The summed E-state index contributed by atoms with van der Waals surface area (Å²) in [6.45, 7) is 5.50. The first-order chi connectivity index (χ1) is 11.5. The van der Waals surface area contributed by atoms with Crippen LogP contribution < -0.4 is 0 Å². The van der Waals surface area contributed by atoms with Gasteiger partial charge in [0.05, 0.1) is 10.7 Å². The molecule has 1 fully saturated rings. The van der Waals surface area contributed by atoms with E-state index in [9.17, 15) is 9.18 Å². The fraction of sp³-hybridized carbons (Fsp3) is 0.474. The topological polar surface area (TPSA) is 33.2 Å². The van der Waals surface area contributed by atoms with Crippen molar-refractivity contribution in [2.75, 3.05) is 13.1 Å². The molecule has 1 saturated heterocycles. The Morgan fingerprint density at radius 3 is 2.75 bits per heavy atom. The molecule has 1 aromatic carbocycles. The van der Waals surface area contributed by atoms with Crippen molar-refractivity contribution < 1.29 is 9.18 Å². The predicted octanol–water partition coefficient (Wildman–Crippen LogP) is 4.38. The molecule has 3 rings (SSSR count). The van der Waals surface area contributed by atoms with Crippen LogP contribution in [0.25, 0.3) is 0 Å². The van der Waals surface area contributed by atoms with Crippen molar-refractivity contribution in [1.29, 1.82) is 0 Å². The van der Waals surface area contributed by atoms with Crippen LogP contribution in [0.2, 0.25) is 0 Å². The van der Waals surface area contributed by atoms with Crippen molar-refractivity contribution in [3.8, 4) is 0 Å². The van der Waals surface area contributed by atoms with Gasteiger partial charge < -0.3 is 4.90 Å². The molecule has 3 nitrogen and oxygen atoms in total. The summed E-state index contributed by atoms with van der Waals surface area (Å²) in [5.41, 5.74) is 2.00. The third-order valence-electron chi connectivity index (χ3n) is 4.66. The van der Waals surface area contributed by atoms with E-state index in [1.54, 1.807) is 0 Å². The fourth-order valence-corrected chi connectivity index (χ4v) is 4.27. The van der Waals surface area contributed by atoms with Gasteiger partial charge in [-0.15, -0.1) is 11.3 Å². The number of piperidine rings is 1. The Hall–Kier alpha value is -1.75. The Bertz CT molecular complexity index is 711. The minimum atomic E-state index is -0.191. The molecule has 0 bridgehead atoms. The van der Waals surface area contributed by atoms with E-state index in [4.69, 9.17) is 0 Å². The molecule has 24 heavy (non-hydrogen) atoms. The maximum atomic E-state index is 13.0. The third-order valence-corrected chi connectivity index (χ3v) is 5.72. The number of amides is 1. The minimum Gasteiger partial charge on any atom is -0.338 e. The molecule has 1 aromatic heterocycles. The van der Waals surface area contributed by atoms with Gasteiger partial charge in [-0.3, -0.25) is 4.79 Å². The molecule has 0 N–H and O–H groups in total. The number of aryl methyl sites for hydroxylation is 3. The summed E-state index contributed by atoms with van der Waals surface area (Å²) in [6.07, 6.45) is 4.18. The zero-order chi connectivity index (χ0) is 17.1. The van der Waals surface area contributed by atoms with E-state index in [0.717, 1.165) is 59.9 Å². The van der Waals surface area contributed by atoms with Crippen LogP contribution in [-0.4, -0.2) is 28.9 Å². The second-order valence-corrected chi connectivity index (χ2v) is 7.78. The lowest BCUT2D eigenvalue weighted by Crippen LogP contribution is -2.40. The molecule has 0 saturated carbocycles. The van der Waals surface area contributed by atoms with Gasteiger partial charge in [0.2, 0.25) is 0 Å². The average molecular weight is 346 g/mol. The van der Waals surface area contributed by atoms with E-state index in [1.165, 1.54) is 23.5 Å². The Balaban J connectivity index is 1.58. The molecule has 0 spiro atoms. The minimum absolute atomic E-state index is 0.129. The summed E-state index contributed by atoms with van der Waals surface area (Å²) in [5.74, 6) is 0.454. The molecule has 1 aliphatic rings. The van der Waals surface area contributed by atoms with Gasteiger partial charge in [0.25, 0.3) is 5.91 Å². The van der Waals surface area contributed by atoms with Crippen LogP contribution in [0.15, 0.2) is 24.3 Å². The highest BCUT2D eigenvalue weighted by Gasteiger charge is 2.26. The van der Waals surface area contributed by atoms with Gasteiger partial charge in [-0.05, 0) is 63.1 Å². The molecule has 128 valence electrons. The molecule has 5 heteroatoms. The maximum Gasteiger partial charge on any atom is 0.265 e. The quantitative estimate of drug-likeness (QED) is 0.823. The Morgan fingerprint density at radius 2 is 2.08 bits per heavy atom. The van der Waals surface area contributed by atoms with Gasteiger partial charge in [0.15, 0.2) is 0 Å². The SMILES string of the molecule is Cc1nc(C)c(C(=O)N2CCC[C@H](CCc3ccc(F)cc3)C2)s1. The van der Waals surface area contributed by atoms with Crippen LogP contribution >= 0.6 is 11.3 Å². The molecular formula is C19H23FN2OS. The smallest absolute Gasteiger partial charge is 0.265 e. The standard InChI is InChI=1S/C19H23FN2OS/c1-13-18(24-14(2)21-13)19(23)22-11-3-4-16(12-22)6-5-15-7-9-17(20)10-8-15/h7-10,16H,3-6,11-12H2,1-2H3/t16-/m1/s1. The van der Waals surface area contributed by atoms with Gasteiger partial charge in [0, 0.05) is 13.1 Å². The van der Waals surface area contributed by atoms with E-state index < -0.39 is 0 Å². The van der Waals surface area contributed by atoms with Crippen LogP contribution in [0, 0.1) is 25.6 Å². The lowest BCUT2D eigenvalue weighted by molar-refractivity contribution is 0.0672. The molecule has 0 unspecified atom stereocenters. The molecule has 2 aromatic rings. The molecule has 0 radical (unpaired) electrons. The number of benzene rings is 1. The maximum absolute atomic E-state index is 13.0. The van der Waals surface area contributed by atoms with Crippen LogP contribution in [0.5, 0.6) is 0 Å². The Kier molecular flexibility index (Phi) is 5.29. The monoisotopic (exact) mass is 346 g/mol. The van der Waals surface area contributed by atoms with Crippen molar-refractivity contribution in [2.24, 2.45) is 5.92 Å². The largest absolute Gasteiger partial charge is 0.338 e. The van der Waals surface area contributed by atoms with Gasteiger partial charge in [-0.2, -0.15) is 0 Å². The number of thiazole rings is 1. The fourth-order valence-electron chi connectivity index (χ4n) is 3.38. The van der Waals surface area contributed by atoms with Crippen molar-refractivity contribution >= 4 is 17.2 Å². The second kappa shape index (κ2) is 7.43. The number of carbonyl (C=O) groups is 1. The van der Waals surface area contributed by atoms with E-state index in [2.05, 4.69) is 4.98 Å². The van der Waals surface area contributed by atoms with Gasteiger partial charge in [-0.1, -0.05) is 12.1 Å². The number of nitrogens with zero attached hydrogens (tertiary/aromatic N) is 2. The summed E-state index contributed by atoms with van der Waals surface area (Å²) < 4.78 is 13.0. The molecule has 1 atom stereocenters. The molecule has 1 aliphatic heterocycles. The highest BCUT2D eigenvalue weighted by Crippen LogP contribution is 2.25. The van der Waals surface area contributed by atoms with Crippen molar-refractivity contribution in [2.45, 2.75) is 39.5 Å². The second-order valence-electron chi connectivity index (χ2n) is 6.57. The zero-order valence-corrected chi connectivity index (χ0v) is 15.0.